The summed E-state index contributed by atoms with van der Waals surface area (Å²) < 4.78 is 22.2. The minimum Gasteiger partial charge on any atom is -0.347 e. The van der Waals surface area contributed by atoms with Crippen molar-refractivity contribution in [2.45, 2.75) is 18.4 Å². The third-order valence-electron chi connectivity index (χ3n) is 2.64. The van der Waals surface area contributed by atoms with Crippen molar-refractivity contribution in [2.24, 2.45) is 5.14 Å². The highest BCUT2D eigenvalue weighted by Gasteiger charge is 2.10. The van der Waals surface area contributed by atoms with Gasteiger partial charge in [0.2, 0.25) is 10.0 Å². The highest BCUT2D eigenvalue weighted by Crippen LogP contribution is 2.08. The molecule has 0 spiro atoms. The van der Waals surface area contributed by atoms with Gasteiger partial charge in [-0.2, -0.15) is 5.10 Å². The van der Waals surface area contributed by atoms with Crippen molar-refractivity contribution in [3.8, 4) is 0 Å². The quantitative estimate of drug-likeness (QED) is 0.751. The maximum Gasteiger partial charge on any atom is 0.272 e. The Kier molecular flexibility index (Phi) is 3.86. The number of rotatable bonds is 4. The number of hydrogen-bond donors (Lipinski definition) is 3. The molecule has 0 bridgehead atoms. The summed E-state index contributed by atoms with van der Waals surface area (Å²) in [6, 6.07) is 7.62. The molecule has 1 amide bonds. The van der Waals surface area contributed by atoms with Gasteiger partial charge in [0.1, 0.15) is 5.69 Å². The lowest BCUT2D eigenvalue weighted by Crippen LogP contribution is -2.23. The van der Waals surface area contributed by atoms with E-state index in [2.05, 4.69) is 15.5 Å². The predicted molar refractivity (Wildman–Crippen MR) is 72.3 cm³/mol. The van der Waals surface area contributed by atoms with Gasteiger partial charge >= 0.3 is 0 Å². The number of carbonyl (C=O) groups excluding carboxylic acids is 1. The van der Waals surface area contributed by atoms with Gasteiger partial charge in [-0.05, 0) is 30.7 Å². The number of nitrogens with zero attached hydrogens (tertiary/aromatic N) is 1. The number of carbonyl (C=O) groups is 1. The molecule has 8 heteroatoms. The van der Waals surface area contributed by atoms with Crippen LogP contribution in [0.15, 0.2) is 35.2 Å². The molecule has 0 fully saturated rings. The van der Waals surface area contributed by atoms with E-state index in [9.17, 15) is 13.2 Å². The third kappa shape index (κ3) is 3.43. The second-order valence-corrected chi connectivity index (χ2v) is 5.87. The number of aryl methyl sites for hydroxylation is 1. The minimum absolute atomic E-state index is 0.0375. The molecule has 0 saturated carbocycles. The maximum atomic E-state index is 11.7. The van der Waals surface area contributed by atoms with E-state index in [1.807, 2.05) is 0 Å². The third-order valence-corrected chi connectivity index (χ3v) is 3.57. The summed E-state index contributed by atoms with van der Waals surface area (Å²) in [5.41, 5.74) is 1.87. The zero-order valence-electron chi connectivity index (χ0n) is 10.8. The van der Waals surface area contributed by atoms with Gasteiger partial charge in [-0.1, -0.05) is 12.1 Å². The van der Waals surface area contributed by atoms with Crippen molar-refractivity contribution in [3.63, 3.8) is 0 Å². The summed E-state index contributed by atoms with van der Waals surface area (Å²) in [6.07, 6.45) is 0. The maximum absolute atomic E-state index is 11.7. The lowest BCUT2D eigenvalue weighted by molar-refractivity contribution is 0.0946. The van der Waals surface area contributed by atoms with Gasteiger partial charge in [0.15, 0.2) is 0 Å². The van der Waals surface area contributed by atoms with Crippen LogP contribution in [0.25, 0.3) is 0 Å². The Bertz CT molecular complexity index is 719. The average Bonchev–Trinajstić information content (AvgIpc) is 2.82. The molecule has 106 valence electrons. The lowest BCUT2D eigenvalue weighted by Gasteiger charge is -2.04. The molecule has 0 aliphatic rings. The average molecular weight is 294 g/mol. The van der Waals surface area contributed by atoms with Crippen LogP contribution in [0.3, 0.4) is 0 Å². The number of amides is 1. The molecule has 2 aromatic rings. The second kappa shape index (κ2) is 5.43. The molecule has 0 radical (unpaired) electrons. The topological polar surface area (TPSA) is 118 Å². The number of nitrogens with one attached hydrogen (secondary N) is 2. The van der Waals surface area contributed by atoms with Crippen molar-refractivity contribution in [3.05, 3.63) is 47.3 Å². The first-order valence-electron chi connectivity index (χ1n) is 5.78. The molecule has 0 unspecified atom stereocenters. The van der Waals surface area contributed by atoms with Gasteiger partial charge in [0, 0.05) is 12.2 Å². The molecule has 0 aliphatic heterocycles. The monoisotopic (exact) mass is 294 g/mol. The largest absolute Gasteiger partial charge is 0.347 e. The van der Waals surface area contributed by atoms with Gasteiger partial charge in [-0.3, -0.25) is 9.89 Å². The number of aromatic nitrogens is 2. The van der Waals surface area contributed by atoms with Crippen LogP contribution >= 0.6 is 0 Å². The number of aromatic amines is 1. The van der Waals surface area contributed by atoms with Gasteiger partial charge in [0.25, 0.3) is 5.91 Å². The standard InChI is InChI=1S/C12H14N4O3S/c1-8-6-11(16-15-8)12(17)14-7-9-2-4-10(5-3-9)20(13,18)19/h2-6H,7H2,1H3,(H,14,17)(H,15,16)(H2,13,18,19). The fraction of sp³-hybridized carbons (Fsp3) is 0.167. The van der Waals surface area contributed by atoms with E-state index >= 15 is 0 Å². The van der Waals surface area contributed by atoms with Crippen LogP contribution in [-0.4, -0.2) is 24.5 Å². The SMILES string of the molecule is Cc1cc(C(=O)NCc2ccc(S(N)(=O)=O)cc2)n[nH]1. The molecule has 1 aromatic heterocycles. The molecule has 0 aliphatic carbocycles. The van der Waals surface area contributed by atoms with Crippen LogP contribution in [0.5, 0.6) is 0 Å². The van der Waals surface area contributed by atoms with Gasteiger partial charge in [-0.25, -0.2) is 13.6 Å². The summed E-state index contributed by atoms with van der Waals surface area (Å²) in [7, 11) is -3.69. The zero-order chi connectivity index (χ0) is 14.8. The Balaban J connectivity index is 1.99. The van der Waals surface area contributed by atoms with Crippen molar-refractivity contribution in [1.29, 1.82) is 0 Å². The predicted octanol–water partition coefficient (Wildman–Crippen LogP) is 0.296. The first-order valence-corrected chi connectivity index (χ1v) is 7.33. The fourth-order valence-electron chi connectivity index (χ4n) is 1.60. The van der Waals surface area contributed by atoms with Gasteiger partial charge in [-0.15, -0.1) is 0 Å². The number of hydrogen-bond acceptors (Lipinski definition) is 4. The van der Waals surface area contributed by atoms with E-state index < -0.39 is 10.0 Å². The Morgan fingerprint density at radius 2 is 2.00 bits per heavy atom. The highest BCUT2D eigenvalue weighted by molar-refractivity contribution is 7.89. The molecule has 1 heterocycles. The van der Waals surface area contributed by atoms with Crippen LogP contribution in [0.4, 0.5) is 0 Å². The number of sulfonamides is 1. The van der Waals surface area contributed by atoms with E-state index in [0.29, 0.717) is 5.69 Å². The molecular formula is C12H14N4O3S. The van der Waals surface area contributed by atoms with Crippen LogP contribution in [-0.2, 0) is 16.6 Å². The highest BCUT2D eigenvalue weighted by atomic mass is 32.2. The Labute approximate surface area is 116 Å². The van der Waals surface area contributed by atoms with Gasteiger partial charge < -0.3 is 5.32 Å². The van der Waals surface area contributed by atoms with Crippen LogP contribution < -0.4 is 10.5 Å². The van der Waals surface area contributed by atoms with Crippen molar-refractivity contribution >= 4 is 15.9 Å². The van der Waals surface area contributed by atoms with Crippen molar-refractivity contribution < 1.29 is 13.2 Å². The van der Waals surface area contributed by atoms with Crippen LogP contribution in [0, 0.1) is 6.92 Å². The summed E-state index contributed by atoms with van der Waals surface area (Å²) in [4.78, 5) is 11.8. The van der Waals surface area contributed by atoms with Gasteiger partial charge in [0.05, 0.1) is 4.90 Å². The molecule has 2 rings (SSSR count). The zero-order valence-corrected chi connectivity index (χ0v) is 11.6. The smallest absolute Gasteiger partial charge is 0.272 e. The van der Waals surface area contributed by atoms with E-state index in [1.54, 1.807) is 25.1 Å². The molecule has 0 atom stereocenters. The minimum atomic E-state index is -3.69. The van der Waals surface area contributed by atoms with Crippen LogP contribution in [0.2, 0.25) is 0 Å². The number of primary sulfonamides is 1. The van der Waals surface area contributed by atoms with E-state index in [0.717, 1.165) is 11.3 Å². The second-order valence-electron chi connectivity index (χ2n) is 4.31. The molecular weight excluding hydrogens is 280 g/mol. The summed E-state index contributed by atoms with van der Waals surface area (Å²) in [5.74, 6) is -0.301. The molecule has 20 heavy (non-hydrogen) atoms. The number of benzene rings is 1. The molecule has 4 N–H and O–H groups in total. The fourth-order valence-corrected chi connectivity index (χ4v) is 2.12. The van der Waals surface area contributed by atoms with E-state index in [4.69, 9.17) is 5.14 Å². The summed E-state index contributed by atoms with van der Waals surface area (Å²) in [5, 5.41) is 14.2. The lowest BCUT2D eigenvalue weighted by atomic mass is 10.2. The summed E-state index contributed by atoms with van der Waals surface area (Å²) >= 11 is 0. The first kappa shape index (κ1) is 14.2. The normalized spacial score (nSPS) is 11.3. The Morgan fingerprint density at radius 3 is 2.50 bits per heavy atom. The Hall–Kier alpha value is -2.19. The molecule has 0 saturated heterocycles. The number of nitrogens with two attached hydrogens (primary N) is 1. The molecule has 7 nitrogen and oxygen atoms in total. The molecule has 1 aromatic carbocycles. The Morgan fingerprint density at radius 1 is 1.35 bits per heavy atom. The van der Waals surface area contributed by atoms with Crippen LogP contribution in [0.1, 0.15) is 21.7 Å². The van der Waals surface area contributed by atoms with E-state index in [1.165, 1.54) is 12.1 Å². The van der Waals surface area contributed by atoms with E-state index in [-0.39, 0.29) is 17.3 Å². The first-order chi connectivity index (χ1) is 9.36. The summed E-state index contributed by atoms with van der Waals surface area (Å²) in [6.45, 7) is 2.07. The van der Waals surface area contributed by atoms with Crippen molar-refractivity contribution in [1.82, 2.24) is 15.5 Å². The number of H-pyrrole nitrogens is 1. The van der Waals surface area contributed by atoms with Crippen molar-refractivity contribution in [2.75, 3.05) is 0 Å².